The molecular formula is C16H12F2O4. The number of ketones is 1. The molecule has 2 rings (SSSR count). The second kappa shape index (κ2) is 6.34. The Morgan fingerprint density at radius 3 is 2.45 bits per heavy atom. The summed E-state index contributed by atoms with van der Waals surface area (Å²) in [4.78, 5) is 23.5. The van der Waals surface area contributed by atoms with Crippen LogP contribution in [0.2, 0.25) is 0 Å². The average Bonchev–Trinajstić information content (AvgIpc) is 2.47. The Hall–Kier alpha value is -2.76. The first-order valence-corrected chi connectivity index (χ1v) is 6.33. The van der Waals surface area contributed by atoms with E-state index in [1.54, 1.807) is 13.0 Å². The van der Waals surface area contributed by atoms with Gasteiger partial charge in [-0.2, -0.15) is 0 Å². The molecule has 0 aliphatic carbocycles. The molecule has 0 aliphatic heterocycles. The highest BCUT2D eigenvalue weighted by molar-refractivity contribution is 5.99. The lowest BCUT2D eigenvalue weighted by Crippen LogP contribution is -2.14. The van der Waals surface area contributed by atoms with Crippen LogP contribution in [0.5, 0.6) is 5.75 Å². The van der Waals surface area contributed by atoms with Gasteiger partial charge in [0.25, 0.3) is 0 Å². The summed E-state index contributed by atoms with van der Waals surface area (Å²) in [5, 5.41) is 9.63. The van der Waals surface area contributed by atoms with Crippen LogP contribution in [0.15, 0.2) is 36.4 Å². The lowest BCUT2D eigenvalue weighted by Gasteiger charge is -2.07. The minimum absolute atomic E-state index is 0.0799. The number of Topliss-reactive ketones (excluding diaryl/α,β-unsaturated/α-hetero) is 1. The number of carbonyl (C=O) groups is 2. The van der Waals surface area contributed by atoms with E-state index < -0.39 is 30.0 Å². The normalized spacial score (nSPS) is 10.3. The van der Waals surface area contributed by atoms with E-state index in [9.17, 15) is 23.5 Å². The molecule has 0 heterocycles. The number of ether oxygens (including phenoxy) is 1. The summed E-state index contributed by atoms with van der Waals surface area (Å²) in [6.07, 6.45) is 0. The Labute approximate surface area is 125 Å². The van der Waals surface area contributed by atoms with E-state index in [-0.39, 0.29) is 16.9 Å². The molecule has 0 aromatic heterocycles. The number of hydrogen-bond donors (Lipinski definition) is 1. The SMILES string of the molecule is Cc1ccc(C(=O)OCC(=O)c2ccc(F)c(F)c2)c(O)c1. The number of carbonyl (C=O) groups excluding carboxylic acids is 2. The van der Waals surface area contributed by atoms with Gasteiger partial charge in [0.15, 0.2) is 24.0 Å². The van der Waals surface area contributed by atoms with Gasteiger partial charge in [0.05, 0.1) is 0 Å². The van der Waals surface area contributed by atoms with Crippen molar-refractivity contribution in [3.63, 3.8) is 0 Å². The fraction of sp³-hybridized carbons (Fsp3) is 0.125. The van der Waals surface area contributed by atoms with Crippen molar-refractivity contribution in [3.05, 3.63) is 64.7 Å². The molecule has 4 nitrogen and oxygen atoms in total. The molecular weight excluding hydrogens is 294 g/mol. The number of hydrogen-bond acceptors (Lipinski definition) is 4. The number of phenolic OH excluding ortho intramolecular Hbond substituents is 1. The average molecular weight is 306 g/mol. The molecule has 114 valence electrons. The van der Waals surface area contributed by atoms with Crippen molar-refractivity contribution in [1.29, 1.82) is 0 Å². The quantitative estimate of drug-likeness (QED) is 0.696. The van der Waals surface area contributed by atoms with E-state index in [1.807, 2.05) is 0 Å². The summed E-state index contributed by atoms with van der Waals surface area (Å²) in [5.41, 5.74) is 0.565. The molecule has 0 fully saturated rings. The molecule has 1 N–H and O–H groups in total. The predicted octanol–water partition coefficient (Wildman–Crippen LogP) is 3.02. The minimum atomic E-state index is -1.16. The second-order valence-corrected chi connectivity index (χ2v) is 4.65. The Morgan fingerprint density at radius 2 is 1.82 bits per heavy atom. The molecule has 0 saturated heterocycles. The lowest BCUT2D eigenvalue weighted by molar-refractivity contribution is 0.0471. The summed E-state index contributed by atoms with van der Waals surface area (Å²) < 4.78 is 30.6. The standard InChI is InChI=1S/C16H12F2O4/c1-9-2-4-11(14(19)6-9)16(21)22-8-15(20)10-3-5-12(17)13(18)7-10/h2-7,19H,8H2,1H3. The van der Waals surface area contributed by atoms with E-state index in [1.165, 1.54) is 12.1 Å². The van der Waals surface area contributed by atoms with Crippen LogP contribution >= 0.6 is 0 Å². The van der Waals surface area contributed by atoms with Gasteiger partial charge in [-0.25, -0.2) is 13.6 Å². The highest BCUT2D eigenvalue weighted by Gasteiger charge is 2.16. The van der Waals surface area contributed by atoms with Gasteiger partial charge < -0.3 is 9.84 Å². The predicted molar refractivity (Wildman–Crippen MR) is 73.8 cm³/mol. The Morgan fingerprint density at radius 1 is 1.09 bits per heavy atom. The number of phenols is 1. The second-order valence-electron chi connectivity index (χ2n) is 4.65. The maximum absolute atomic E-state index is 13.0. The van der Waals surface area contributed by atoms with Crippen molar-refractivity contribution in [3.8, 4) is 5.75 Å². The van der Waals surface area contributed by atoms with Gasteiger partial charge in [-0.3, -0.25) is 4.79 Å². The van der Waals surface area contributed by atoms with E-state index in [2.05, 4.69) is 0 Å². The van der Waals surface area contributed by atoms with Gasteiger partial charge in [0, 0.05) is 5.56 Å². The maximum atomic E-state index is 13.0. The molecule has 0 spiro atoms. The van der Waals surface area contributed by atoms with Crippen LogP contribution in [-0.2, 0) is 4.74 Å². The number of halogens is 2. The van der Waals surface area contributed by atoms with Gasteiger partial charge >= 0.3 is 5.97 Å². The number of benzene rings is 2. The van der Waals surface area contributed by atoms with Gasteiger partial charge in [0.1, 0.15) is 11.3 Å². The van der Waals surface area contributed by atoms with E-state index in [4.69, 9.17) is 4.74 Å². The van der Waals surface area contributed by atoms with Gasteiger partial charge in [-0.1, -0.05) is 6.07 Å². The smallest absolute Gasteiger partial charge is 0.342 e. The largest absolute Gasteiger partial charge is 0.507 e. The summed E-state index contributed by atoms with van der Waals surface area (Å²) in [7, 11) is 0. The third-order valence-electron chi connectivity index (χ3n) is 2.95. The lowest BCUT2D eigenvalue weighted by atomic mass is 10.1. The number of esters is 1. The first-order valence-electron chi connectivity index (χ1n) is 6.33. The van der Waals surface area contributed by atoms with Crippen LogP contribution in [0.4, 0.5) is 8.78 Å². The molecule has 2 aromatic rings. The van der Waals surface area contributed by atoms with Crippen molar-refractivity contribution in [1.82, 2.24) is 0 Å². The van der Waals surface area contributed by atoms with Crippen molar-refractivity contribution in [2.45, 2.75) is 6.92 Å². The topological polar surface area (TPSA) is 63.6 Å². The van der Waals surface area contributed by atoms with Crippen LogP contribution < -0.4 is 0 Å². The first-order chi connectivity index (χ1) is 10.4. The molecule has 22 heavy (non-hydrogen) atoms. The number of aromatic hydroxyl groups is 1. The summed E-state index contributed by atoms with van der Waals surface area (Å²) in [6, 6.07) is 7.00. The van der Waals surface area contributed by atoms with Crippen LogP contribution in [0.25, 0.3) is 0 Å². The van der Waals surface area contributed by atoms with Crippen molar-refractivity contribution < 1.29 is 28.2 Å². The van der Waals surface area contributed by atoms with Gasteiger partial charge in [-0.15, -0.1) is 0 Å². The van der Waals surface area contributed by atoms with Crippen molar-refractivity contribution >= 4 is 11.8 Å². The first kappa shape index (κ1) is 15.6. The summed E-state index contributed by atoms with van der Waals surface area (Å²) in [6.45, 7) is 1.10. The van der Waals surface area contributed by atoms with Crippen LogP contribution in [-0.4, -0.2) is 23.5 Å². The zero-order chi connectivity index (χ0) is 16.3. The molecule has 0 aliphatic rings. The number of rotatable bonds is 4. The third-order valence-corrected chi connectivity index (χ3v) is 2.95. The molecule has 6 heteroatoms. The zero-order valence-corrected chi connectivity index (χ0v) is 11.6. The van der Waals surface area contributed by atoms with Crippen molar-refractivity contribution in [2.24, 2.45) is 0 Å². The van der Waals surface area contributed by atoms with Crippen LogP contribution in [0.1, 0.15) is 26.3 Å². The van der Waals surface area contributed by atoms with Crippen molar-refractivity contribution in [2.75, 3.05) is 6.61 Å². The molecule has 2 aromatic carbocycles. The minimum Gasteiger partial charge on any atom is -0.507 e. The Kier molecular flexibility index (Phi) is 4.50. The summed E-state index contributed by atoms with van der Waals surface area (Å²) in [5.74, 6) is -4.05. The van der Waals surface area contributed by atoms with E-state index in [0.29, 0.717) is 0 Å². The highest BCUT2D eigenvalue weighted by Crippen LogP contribution is 2.19. The Bertz CT molecular complexity index is 741. The molecule has 0 saturated carbocycles. The van der Waals surface area contributed by atoms with Gasteiger partial charge in [0.2, 0.25) is 0 Å². The Balaban J connectivity index is 2.04. The van der Waals surface area contributed by atoms with Gasteiger partial charge in [-0.05, 0) is 42.8 Å². The van der Waals surface area contributed by atoms with Crippen LogP contribution in [0.3, 0.4) is 0 Å². The molecule has 0 amide bonds. The zero-order valence-electron chi connectivity index (χ0n) is 11.6. The molecule has 0 bridgehead atoms. The molecule has 0 atom stereocenters. The summed E-state index contributed by atoms with van der Waals surface area (Å²) >= 11 is 0. The van der Waals surface area contributed by atoms with E-state index >= 15 is 0 Å². The fourth-order valence-electron chi connectivity index (χ4n) is 1.78. The van der Waals surface area contributed by atoms with Crippen LogP contribution in [0, 0.1) is 18.6 Å². The number of aryl methyl sites for hydroxylation is 1. The highest BCUT2D eigenvalue weighted by atomic mass is 19.2. The molecule has 0 unspecified atom stereocenters. The monoisotopic (exact) mass is 306 g/mol. The fourth-order valence-corrected chi connectivity index (χ4v) is 1.78. The third kappa shape index (κ3) is 3.46. The molecule has 0 radical (unpaired) electrons. The van der Waals surface area contributed by atoms with E-state index in [0.717, 1.165) is 23.8 Å². The maximum Gasteiger partial charge on any atom is 0.342 e.